The molecule has 2 heterocycles. The number of nitro groups is 1. The number of benzene rings is 2. The smallest absolute Gasteiger partial charge is 0.284 e. The zero-order valence-corrected chi connectivity index (χ0v) is 17.2. The highest BCUT2D eigenvalue weighted by Crippen LogP contribution is 2.37. The van der Waals surface area contributed by atoms with Crippen LogP contribution < -0.4 is 5.32 Å². The number of nitro benzene ring substituents is 1. The van der Waals surface area contributed by atoms with Gasteiger partial charge in [-0.2, -0.15) is 0 Å². The average molecular weight is 438 g/mol. The number of carbonyl (C=O) groups is 1. The Morgan fingerprint density at radius 3 is 2.80 bits per heavy atom. The molecule has 0 aliphatic rings. The fourth-order valence-electron chi connectivity index (χ4n) is 2.67. The summed E-state index contributed by atoms with van der Waals surface area (Å²) in [6, 6.07) is 11.5. The standard InChI is InChI=1S/C19H14N6O3S2/c1-12-11-29-19(21-12)30-17-7-6-13(10-16(17)25(27)28)18(26)22-14-4-2-3-5-15(14)24-9-8-20-23-24/h2-11H,1H3,(H,22,26). The van der Waals surface area contributed by atoms with E-state index in [4.69, 9.17) is 0 Å². The van der Waals surface area contributed by atoms with Crippen LogP contribution >= 0.6 is 23.1 Å². The SMILES string of the molecule is Cc1csc(Sc2ccc(C(=O)Nc3ccccc3-n3ccnn3)cc2[N+](=O)[O-])n1. The molecule has 0 saturated carbocycles. The molecule has 1 N–H and O–H groups in total. The minimum absolute atomic E-state index is 0.148. The van der Waals surface area contributed by atoms with E-state index >= 15 is 0 Å². The van der Waals surface area contributed by atoms with Crippen LogP contribution in [0.25, 0.3) is 5.69 Å². The maximum absolute atomic E-state index is 12.8. The predicted molar refractivity (Wildman–Crippen MR) is 113 cm³/mol. The number of thiazole rings is 1. The van der Waals surface area contributed by atoms with Crippen molar-refractivity contribution in [3.05, 3.63) is 81.6 Å². The van der Waals surface area contributed by atoms with Gasteiger partial charge in [-0.05, 0) is 31.2 Å². The molecular weight excluding hydrogens is 424 g/mol. The van der Waals surface area contributed by atoms with E-state index in [1.54, 1.807) is 36.5 Å². The fourth-order valence-corrected chi connectivity index (χ4v) is 4.55. The van der Waals surface area contributed by atoms with Crippen molar-refractivity contribution in [3.8, 4) is 5.69 Å². The van der Waals surface area contributed by atoms with E-state index in [2.05, 4.69) is 20.6 Å². The molecular formula is C19H14N6O3S2. The Bertz CT molecular complexity index is 1220. The fraction of sp³-hybridized carbons (Fsp3) is 0.0526. The van der Waals surface area contributed by atoms with Gasteiger partial charge in [0, 0.05) is 22.7 Å². The molecule has 11 heteroatoms. The number of amides is 1. The number of rotatable bonds is 6. The summed E-state index contributed by atoms with van der Waals surface area (Å²) in [5.41, 5.74) is 2.02. The van der Waals surface area contributed by atoms with Gasteiger partial charge in [-0.25, -0.2) is 9.67 Å². The zero-order chi connectivity index (χ0) is 21.1. The van der Waals surface area contributed by atoms with E-state index in [1.165, 1.54) is 40.0 Å². The maximum Gasteiger partial charge on any atom is 0.284 e. The van der Waals surface area contributed by atoms with E-state index in [9.17, 15) is 14.9 Å². The second-order valence-corrected chi connectivity index (χ2v) is 8.26. The second kappa shape index (κ2) is 8.43. The van der Waals surface area contributed by atoms with Crippen molar-refractivity contribution in [2.75, 3.05) is 5.32 Å². The number of aryl methyl sites for hydroxylation is 1. The normalized spacial score (nSPS) is 10.7. The highest BCUT2D eigenvalue weighted by atomic mass is 32.2. The van der Waals surface area contributed by atoms with Gasteiger partial charge < -0.3 is 5.32 Å². The number of nitrogens with zero attached hydrogens (tertiary/aromatic N) is 5. The lowest BCUT2D eigenvalue weighted by molar-refractivity contribution is -0.387. The number of aromatic nitrogens is 4. The van der Waals surface area contributed by atoms with Crippen LogP contribution in [0, 0.1) is 17.0 Å². The average Bonchev–Trinajstić information content (AvgIpc) is 3.40. The Morgan fingerprint density at radius 1 is 1.27 bits per heavy atom. The molecule has 1 amide bonds. The van der Waals surface area contributed by atoms with Gasteiger partial charge in [0.2, 0.25) is 0 Å². The van der Waals surface area contributed by atoms with Crippen LogP contribution in [-0.4, -0.2) is 30.8 Å². The molecule has 0 saturated heterocycles. The number of nitrogens with one attached hydrogen (secondary N) is 1. The van der Waals surface area contributed by atoms with Gasteiger partial charge in [0.15, 0.2) is 4.34 Å². The highest BCUT2D eigenvalue weighted by molar-refractivity contribution is 8.01. The predicted octanol–water partition coefficient (Wildman–Crippen LogP) is 4.34. The van der Waals surface area contributed by atoms with Gasteiger partial charge in [0.1, 0.15) is 0 Å². The number of carbonyl (C=O) groups excluding carboxylic acids is 1. The Kier molecular flexibility index (Phi) is 5.55. The van der Waals surface area contributed by atoms with E-state index in [0.29, 0.717) is 20.6 Å². The number of hydrogen-bond acceptors (Lipinski definition) is 8. The maximum atomic E-state index is 12.8. The molecule has 0 aliphatic heterocycles. The van der Waals surface area contributed by atoms with Gasteiger partial charge in [-0.1, -0.05) is 29.1 Å². The molecule has 150 valence electrons. The summed E-state index contributed by atoms with van der Waals surface area (Å²) in [7, 11) is 0. The van der Waals surface area contributed by atoms with Crippen LogP contribution in [0.3, 0.4) is 0 Å². The van der Waals surface area contributed by atoms with Gasteiger partial charge in [0.05, 0.1) is 33.6 Å². The summed E-state index contributed by atoms with van der Waals surface area (Å²) in [4.78, 5) is 28.6. The Hall–Kier alpha value is -3.57. The molecule has 0 bridgehead atoms. The molecule has 9 nitrogen and oxygen atoms in total. The van der Waals surface area contributed by atoms with Crippen LogP contribution in [0.2, 0.25) is 0 Å². The lowest BCUT2D eigenvalue weighted by Crippen LogP contribution is -2.14. The molecule has 0 atom stereocenters. The van der Waals surface area contributed by atoms with Crippen LogP contribution in [-0.2, 0) is 0 Å². The van der Waals surface area contributed by atoms with E-state index in [0.717, 1.165) is 5.69 Å². The molecule has 2 aromatic carbocycles. The first kappa shape index (κ1) is 19.7. The minimum atomic E-state index is -0.497. The molecule has 0 radical (unpaired) electrons. The number of anilines is 1. The third-order valence-corrected chi connectivity index (χ3v) is 6.16. The molecule has 0 unspecified atom stereocenters. The molecule has 2 aromatic heterocycles. The summed E-state index contributed by atoms with van der Waals surface area (Å²) in [6.45, 7) is 1.86. The number of para-hydroxylation sites is 2. The summed E-state index contributed by atoms with van der Waals surface area (Å²) >= 11 is 2.62. The quantitative estimate of drug-likeness (QED) is 0.351. The van der Waals surface area contributed by atoms with Crippen molar-refractivity contribution in [2.24, 2.45) is 0 Å². The summed E-state index contributed by atoms with van der Waals surface area (Å²) in [6.07, 6.45) is 3.18. The minimum Gasteiger partial charge on any atom is -0.320 e. The number of hydrogen-bond donors (Lipinski definition) is 1. The first-order valence-electron chi connectivity index (χ1n) is 8.67. The lowest BCUT2D eigenvalue weighted by atomic mass is 10.1. The van der Waals surface area contributed by atoms with Gasteiger partial charge in [-0.3, -0.25) is 14.9 Å². The van der Waals surface area contributed by atoms with Crippen LogP contribution in [0.1, 0.15) is 16.1 Å². The highest BCUT2D eigenvalue weighted by Gasteiger charge is 2.20. The first-order valence-corrected chi connectivity index (χ1v) is 10.4. The topological polar surface area (TPSA) is 116 Å². The molecule has 0 spiro atoms. The van der Waals surface area contributed by atoms with Gasteiger partial charge in [0.25, 0.3) is 11.6 Å². The molecule has 4 rings (SSSR count). The summed E-state index contributed by atoms with van der Waals surface area (Å²) < 4.78 is 2.22. The molecule has 4 aromatic rings. The third-order valence-electron chi connectivity index (χ3n) is 4.03. The van der Waals surface area contributed by atoms with E-state index < -0.39 is 10.8 Å². The van der Waals surface area contributed by atoms with Crippen molar-refractivity contribution in [3.63, 3.8) is 0 Å². The van der Waals surface area contributed by atoms with E-state index in [1.807, 2.05) is 18.4 Å². The van der Waals surface area contributed by atoms with Gasteiger partial charge >= 0.3 is 0 Å². The van der Waals surface area contributed by atoms with Crippen LogP contribution in [0.4, 0.5) is 11.4 Å². The molecule has 30 heavy (non-hydrogen) atoms. The van der Waals surface area contributed by atoms with Crippen LogP contribution in [0.15, 0.2) is 69.5 Å². The van der Waals surface area contributed by atoms with Crippen molar-refractivity contribution in [1.82, 2.24) is 20.0 Å². The van der Waals surface area contributed by atoms with Gasteiger partial charge in [-0.15, -0.1) is 16.4 Å². The van der Waals surface area contributed by atoms with Crippen molar-refractivity contribution in [1.29, 1.82) is 0 Å². The molecule has 0 aliphatic carbocycles. The lowest BCUT2D eigenvalue weighted by Gasteiger charge is -2.11. The van der Waals surface area contributed by atoms with Crippen molar-refractivity contribution >= 4 is 40.4 Å². The summed E-state index contributed by atoms with van der Waals surface area (Å²) in [5.74, 6) is -0.465. The zero-order valence-electron chi connectivity index (χ0n) is 15.6. The summed E-state index contributed by atoms with van der Waals surface area (Å²) in [5, 5.41) is 24.0. The third kappa shape index (κ3) is 4.21. The second-order valence-electron chi connectivity index (χ2n) is 6.12. The Morgan fingerprint density at radius 2 is 2.10 bits per heavy atom. The van der Waals surface area contributed by atoms with Crippen molar-refractivity contribution < 1.29 is 9.72 Å². The molecule has 0 fully saturated rings. The van der Waals surface area contributed by atoms with Crippen molar-refractivity contribution in [2.45, 2.75) is 16.2 Å². The van der Waals surface area contributed by atoms with E-state index in [-0.39, 0.29) is 11.3 Å². The first-order chi connectivity index (χ1) is 14.5. The van der Waals surface area contributed by atoms with Crippen LogP contribution in [0.5, 0.6) is 0 Å². The monoisotopic (exact) mass is 438 g/mol. The Labute approximate surface area is 178 Å². The largest absolute Gasteiger partial charge is 0.320 e. The Balaban J connectivity index is 1.61.